The van der Waals surface area contributed by atoms with Crippen LogP contribution >= 0.6 is 6.60 Å². The van der Waals surface area contributed by atoms with Crippen LogP contribution in [0.3, 0.4) is 0 Å². The van der Waals surface area contributed by atoms with Gasteiger partial charge in [-0.15, -0.1) is 0 Å². The van der Waals surface area contributed by atoms with Crippen molar-refractivity contribution in [2.75, 3.05) is 19.4 Å². The first-order chi connectivity index (χ1) is 13.2. The summed E-state index contributed by atoms with van der Waals surface area (Å²) in [5, 5.41) is 4.46. The van der Waals surface area contributed by atoms with Gasteiger partial charge in [0, 0.05) is 0 Å². The van der Waals surface area contributed by atoms with Gasteiger partial charge in [0.25, 0.3) is 0 Å². The Labute approximate surface area is 164 Å². The van der Waals surface area contributed by atoms with Crippen LogP contribution in [0.2, 0.25) is 0 Å². The zero-order valence-electron chi connectivity index (χ0n) is 16.4. The number of benzene rings is 3. The number of nitrogens with two attached hydrogens (primary N) is 1. The van der Waals surface area contributed by atoms with Crippen molar-refractivity contribution in [2.45, 2.75) is 25.7 Å². The van der Waals surface area contributed by atoms with E-state index in [1.54, 1.807) is 0 Å². The van der Waals surface area contributed by atoms with E-state index < -0.39 is 6.60 Å². The SMILES string of the molecule is CP(CCCCCCN)(c1ccccc1)(c1ccccc1)c1ccccc1. The summed E-state index contributed by atoms with van der Waals surface area (Å²) >= 11 is 0. The van der Waals surface area contributed by atoms with E-state index in [4.69, 9.17) is 5.73 Å². The molecule has 0 saturated heterocycles. The molecule has 1 nitrogen and oxygen atoms in total. The average Bonchev–Trinajstić information content (AvgIpc) is 2.75. The summed E-state index contributed by atoms with van der Waals surface area (Å²) < 4.78 is 0. The summed E-state index contributed by atoms with van der Waals surface area (Å²) in [6, 6.07) is 33.6. The molecule has 2 heteroatoms. The second-order valence-electron chi connectivity index (χ2n) is 7.73. The summed E-state index contributed by atoms with van der Waals surface area (Å²) in [5.41, 5.74) is 5.70. The summed E-state index contributed by atoms with van der Waals surface area (Å²) in [6.07, 6.45) is 6.03. The Morgan fingerprint density at radius 2 is 0.926 bits per heavy atom. The van der Waals surface area contributed by atoms with E-state index >= 15 is 0 Å². The molecule has 27 heavy (non-hydrogen) atoms. The second-order valence-corrected chi connectivity index (χ2v) is 13.3. The first-order valence-electron chi connectivity index (χ1n) is 10.1. The third-order valence-electron chi connectivity index (χ3n) is 6.04. The van der Waals surface area contributed by atoms with Crippen molar-refractivity contribution >= 4 is 22.5 Å². The molecule has 0 spiro atoms. The van der Waals surface area contributed by atoms with Gasteiger partial charge in [-0.05, 0) is 0 Å². The number of rotatable bonds is 9. The van der Waals surface area contributed by atoms with E-state index in [0.29, 0.717) is 0 Å². The summed E-state index contributed by atoms with van der Waals surface area (Å²) in [7, 11) is 0. The molecule has 3 aromatic carbocycles. The van der Waals surface area contributed by atoms with E-state index in [1.807, 2.05) is 0 Å². The third-order valence-corrected chi connectivity index (χ3v) is 12.6. The topological polar surface area (TPSA) is 26.0 Å². The van der Waals surface area contributed by atoms with Crippen molar-refractivity contribution < 1.29 is 0 Å². The molecule has 0 aliphatic rings. The molecule has 0 aliphatic heterocycles. The fourth-order valence-corrected chi connectivity index (χ4v) is 9.96. The van der Waals surface area contributed by atoms with Gasteiger partial charge in [0.15, 0.2) is 0 Å². The van der Waals surface area contributed by atoms with E-state index in [1.165, 1.54) is 41.3 Å². The molecule has 0 heterocycles. The molecule has 0 unspecified atom stereocenters. The predicted octanol–water partition coefficient (Wildman–Crippen LogP) is 4.67. The second kappa shape index (κ2) is 8.83. The number of unbranched alkanes of at least 4 members (excludes halogenated alkanes) is 3. The van der Waals surface area contributed by atoms with Gasteiger partial charge >= 0.3 is 164 Å². The molecule has 0 radical (unpaired) electrons. The molecule has 3 aromatic rings. The van der Waals surface area contributed by atoms with Crippen molar-refractivity contribution in [3.05, 3.63) is 91.0 Å². The van der Waals surface area contributed by atoms with Gasteiger partial charge in [-0.3, -0.25) is 0 Å². The van der Waals surface area contributed by atoms with Crippen LogP contribution in [0, 0.1) is 0 Å². The van der Waals surface area contributed by atoms with Crippen LogP contribution in [0.15, 0.2) is 91.0 Å². The molecule has 142 valence electrons. The van der Waals surface area contributed by atoms with Gasteiger partial charge in [0.05, 0.1) is 0 Å². The molecule has 0 atom stereocenters. The molecule has 2 N–H and O–H groups in total. The van der Waals surface area contributed by atoms with E-state index in [-0.39, 0.29) is 0 Å². The molecular formula is C25H32NP. The van der Waals surface area contributed by atoms with Crippen molar-refractivity contribution in [1.29, 1.82) is 0 Å². The Kier molecular flexibility index (Phi) is 6.47. The Morgan fingerprint density at radius 1 is 0.556 bits per heavy atom. The van der Waals surface area contributed by atoms with Gasteiger partial charge in [-0.2, -0.15) is 0 Å². The molecule has 0 saturated carbocycles. The summed E-state index contributed by atoms with van der Waals surface area (Å²) in [6.45, 7) is 0.835. The Hall–Kier alpha value is -1.95. The first kappa shape index (κ1) is 19.8. The fraction of sp³-hybridized carbons (Fsp3) is 0.280. The van der Waals surface area contributed by atoms with Gasteiger partial charge in [0.2, 0.25) is 0 Å². The van der Waals surface area contributed by atoms with Crippen molar-refractivity contribution in [3.8, 4) is 0 Å². The van der Waals surface area contributed by atoms with E-state index in [0.717, 1.165) is 13.0 Å². The number of hydrogen-bond acceptors (Lipinski definition) is 1. The zero-order chi connectivity index (χ0) is 19.0. The molecule has 0 bridgehead atoms. The van der Waals surface area contributed by atoms with Gasteiger partial charge < -0.3 is 0 Å². The van der Waals surface area contributed by atoms with Crippen molar-refractivity contribution in [1.82, 2.24) is 0 Å². The first-order valence-corrected chi connectivity index (χ1v) is 12.9. The monoisotopic (exact) mass is 377 g/mol. The molecule has 0 aliphatic carbocycles. The number of hydrogen-bond donors (Lipinski definition) is 1. The van der Waals surface area contributed by atoms with Crippen LogP contribution in [-0.2, 0) is 0 Å². The summed E-state index contributed by atoms with van der Waals surface area (Å²) in [4.78, 5) is 0. The molecule has 3 rings (SSSR count). The van der Waals surface area contributed by atoms with Gasteiger partial charge in [0.1, 0.15) is 0 Å². The minimum atomic E-state index is -2.53. The predicted molar refractivity (Wildman–Crippen MR) is 123 cm³/mol. The van der Waals surface area contributed by atoms with E-state index in [2.05, 4.69) is 97.7 Å². The average molecular weight is 378 g/mol. The zero-order valence-corrected chi connectivity index (χ0v) is 17.3. The van der Waals surface area contributed by atoms with Gasteiger partial charge in [-0.25, -0.2) is 0 Å². The Balaban J connectivity index is 2.16. The molecule has 0 fully saturated rings. The quantitative estimate of drug-likeness (QED) is 0.426. The maximum absolute atomic E-state index is 5.70. The van der Waals surface area contributed by atoms with Crippen LogP contribution in [0.4, 0.5) is 0 Å². The molecule has 0 aromatic heterocycles. The van der Waals surface area contributed by atoms with Crippen molar-refractivity contribution in [2.24, 2.45) is 5.73 Å². The van der Waals surface area contributed by atoms with Crippen molar-refractivity contribution in [3.63, 3.8) is 0 Å². The molecule has 0 amide bonds. The molecular weight excluding hydrogens is 345 g/mol. The van der Waals surface area contributed by atoms with Gasteiger partial charge in [-0.1, -0.05) is 0 Å². The van der Waals surface area contributed by atoms with Crippen LogP contribution in [-0.4, -0.2) is 19.4 Å². The summed E-state index contributed by atoms with van der Waals surface area (Å²) in [5.74, 6) is 0. The van der Waals surface area contributed by atoms with Crippen LogP contribution in [0.1, 0.15) is 25.7 Å². The Bertz CT molecular complexity index is 715. The Morgan fingerprint density at radius 3 is 1.30 bits per heavy atom. The van der Waals surface area contributed by atoms with E-state index in [9.17, 15) is 0 Å². The normalized spacial score (nSPS) is 13.0. The standard InChI is InChI=1S/C25H32NP/c1-27(22-14-3-2-13-21-26,23-15-7-4-8-16-23,24-17-9-5-10-18-24)25-19-11-6-12-20-25/h4-12,15-20H,2-3,13-14,21-22,26H2,1H3. The fourth-order valence-electron chi connectivity index (χ4n) is 4.33. The van der Waals surface area contributed by atoms with Crippen LogP contribution < -0.4 is 21.6 Å². The third kappa shape index (κ3) is 3.86. The minimum absolute atomic E-state index is 0.797. The van der Waals surface area contributed by atoms with Crippen LogP contribution in [0.25, 0.3) is 0 Å². The maximum atomic E-state index is 5.70. The van der Waals surface area contributed by atoms with Crippen LogP contribution in [0.5, 0.6) is 0 Å².